The summed E-state index contributed by atoms with van der Waals surface area (Å²) in [6.07, 6.45) is 1.78. The molecule has 2 fully saturated rings. The molecule has 1 aromatic rings. The third kappa shape index (κ3) is 2.80. The molecule has 0 spiro atoms. The quantitative estimate of drug-likeness (QED) is 0.929. The average molecular weight is 292 g/mol. The van der Waals surface area contributed by atoms with Gasteiger partial charge in [0.25, 0.3) is 0 Å². The predicted molar refractivity (Wildman–Crippen MR) is 77.0 cm³/mol. The largest absolute Gasteiger partial charge is 0.373 e. The van der Waals surface area contributed by atoms with Gasteiger partial charge in [-0.25, -0.2) is 4.39 Å². The van der Waals surface area contributed by atoms with Crippen LogP contribution < -0.4 is 5.32 Å². The van der Waals surface area contributed by atoms with Crippen molar-refractivity contribution in [2.75, 3.05) is 13.2 Å². The van der Waals surface area contributed by atoms with E-state index in [9.17, 15) is 9.18 Å². The molecule has 2 saturated heterocycles. The van der Waals surface area contributed by atoms with Crippen LogP contribution >= 0.6 is 0 Å². The van der Waals surface area contributed by atoms with Crippen molar-refractivity contribution >= 4 is 5.91 Å². The van der Waals surface area contributed by atoms with Gasteiger partial charge in [0.1, 0.15) is 12.0 Å². The molecule has 0 aliphatic carbocycles. The summed E-state index contributed by atoms with van der Waals surface area (Å²) in [5, 5.41) is 3.28. The number of benzene rings is 1. The molecule has 0 bridgehead atoms. The molecule has 2 heterocycles. The van der Waals surface area contributed by atoms with Gasteiger partial charge in [-0.3, -0.25) is 10.1 Å². The lowest BCUT2D eigenvalue weighted by molar-refractivity contribution is -0.133. The number of halogens is 1. The first-order valence-corrected chi connectivity index (χ1v) is 7.44. The van der Waals surface area contributed by atoms with Crippen LogP contribution in [-0.4, -0.2) is 35.6 Å². The van der Waals surface area contributed by atoms with E-state index in [1.54, 1.807) is 12.1 Å². The number of amides is 1. The molecule has 1 amide bonds. The molecule has 0 aromatic heterocycles. The molecule has 3 rings (SSSR count). The Morgan fingerprint density at radius 3 is 2.76 bits per heavy atom. The number of hydrogen-bond donors (Lipinski definition) is 1. The maximum absolute atomic E-state index is 13.1. The first kappa shape index (κ1) is 14.5. The zero-order valence-corrected chi connectivity index (χ0v) is 12.4. The minimum absolute atomic E-state index is 0.0704. The van der Waals surface area contributed by atoms with Crippen molar-refractivity contribution in [2.45, 2.75) is 44.5 Å². The number of carbonyl (C=O) groups excluding carboxylic acids is 1. The summed E-state index contributed by atoms with van der Waals surface area (Å²) < 4.78 is 18.9. The van der Waals surface area contributed by atoms with E-state index in [1.165, 1.54) is 12.1 Å². The van der Waals surface area contributed by atoms with Crippen LogP contribution in [-0.2, 0) is 9.53 Å². The van der Waals surface area contributed by atoms with Gasteiger partial charge in [0.15, 0.2) is 0 Å². The molecule has 3 atom stereocenters. The van der Waals surface area contributed by atoms with E-state index in [-0.39, 0.29) is 29.5 Å². The van der Waals surface area contributed by atoms with Crippen molar-refractivity contribution in [1.29, 1.82) is 0 Å². The highest BCUT2D eigenvalue weighted by atomic mass is 19.1. The van der Waals surface area contributed by atoms with Crippen LogP contribution in [0, 0.1) is 5.82 Å². The van der Waals surface area contributed by atoms with Crippen LogP contribution in [0.25, 0.3) is 0 Å². The molecule has 2 aliphatic heterocycles. The minimum atomic E-state index is -0.278. The molecular formula is C16H21FN2O2. The average Bonchev–Trinajstić information content (AvgIpc) is 2.99. The number of ether oxygens (including phenoxy) is 1. The molecule has 5 heteroatoms. The summed E-state index contributed by atoms with van der Waals surface area (Å²) in [5.74, 6) is -0.199. The van der Waals surface area contributed by atoms with Gasteiger partial charge in [-0.05, 0) is 44.4 Å². The Balaban J connectivity index is 1.84. The van der Waals surface area contributed by atoms with Crippen molar-refractivity contribution in [3.05, 3.63) is 35.6 Å². The fraction of sp³-hybridized carbons (Fsp3) is 0.562. The van der Waals surface area contributed by atoms with Gasteiger partial charge < -0.3 is 9.64 Å². The van der Waals surface area contributed by atoms with E-state index >= 15 is 0 Å². The maximum atomic E-state index is 13.1. The summed E-state index contributed by atoms with van der Waals surface area (Å²) in [5.41, 5.74) is 0.621. The van der Waals surface area contributed by atoms with Crippen LogP contribution in [0.4, 0.5) is 4.39 Å². The lowest BCUT2D eigenvalue weighted by Gasteiger charge is -2.32. The zero-order chi connectivity index (χ0) is 15.0. The lowest BCUT2D eigenvalue weighted by Crippen LogP contribution is -2.43. The third-order valence-electron chi connectivity index (χ3n) is 4.36. The van der Waals surface area contributed by atoms with E-state index in [0.29, 0.717) is 6.54 Å². The second-order valence-electron chi connectivity index (χ2n) is 6.21. The van der Waals surface area contributed by atoms with Gasteiger partial charge in [-0.15, -0.1) is 0 Å². The van der Waals surface area contributed by atoms with Crippen molar-refractivity contribution in [3.8, 4) is 0 Å². The maximum Gasteiger partial charge on any atom is 0.241 e. The van der Waals surface area contributed by atoms with Crippen LogP contribution in [0.15, 0.2) is 24.3 Å². The van der Waals surface area contributed by atoms with Crippen LogP contribution in [0.1, 0.15) is 38.4 Å². The molecule has 21 heavy (non-hydrogen) atoms. The summed E-state index contributed by atoms with van der Waals surface area (Å²) in [7, 11) is 0. The molecule has 114 valence electrons. The van der Waals surface area contributed by atoms with E-state index in [1.807, 2.05) is 11.8 Å². The Hall–Kier alpha value is -1.46. The topological polar surface area (TPSA) is 41.6 Å². The Labute approximate surface area is 124 Å². The van der Waals surface area contributed by atoms with Crippen LogP contribution in [0.2, 0.25) is 0 Å². The van der Waals surface area contributed by atoms with Gasteiger partial charge in [0.05, 0.1) is 18.2 Å². The smallest absolute Gasteiger partial charge is 0.241 e. The van der Waals surface area contributed by atoms with Crippen molar-refractivity contribution in [3.63, 3.8) is 0 Å². The first-order valence-electron chi connectivity index (χ1n) is 7.44. The number of nitrogens with zero attached hydrogens (tertiary/aromatic N) is 1. The number of carbonyl (C=O) groups is 1. The normalized spacial score (nSPS) is 32.9. The highest BCUT2D eigenvalue weighted by molar-refractivity contribution is 5.84. The number of hydrogen-bond acceptors (Lipinski definition) is 3. The van der Waals surface area contributed by atoms with Gasteiger partial charge in [-0.1, -0.05) is 12.1 Å². The Morgan fingerprint density at radius 2 is 2.14 bits per heavy atom. The first-order chi connectivity index (χ1) is 9.98. The van der Waals surface area contributed by atoms with Gasteiger partial charge in [0.2, 0.25) is 5.91 Å². The van der Waals surface area contributed by atoms with Gasteiger partial charge >= 0.3 is 0 Å². The Kier molecular flexibility index (Phi) is 3.71. The minimum Gasteiger partial charge on any atom is -0.373 e. The molecule has 1 N–H and O–H groups in total. The Bertz CT molecular complexity index is 526. The Morgan fingerprint density at radius 1 is 1.43 bits per heavy atom. The monoisotopic (exact) mass is 292 g/mol. The number of nitrogens with one attached hydrogen (secondary N) is 1. The molecule has 0 radical (unpaired) electrons. The van der Waals surface area contributed by atoms with Crippen molar-refractivity contribution in [1.82, 2.24) is 10.2 Å². The third-order valence-corrected chi connectivity index (χ3v) is 4.36. The summed E-state index contributed by atoms with van der Waals surface area (Å²) >= 11 is 0. The van der Waals surface area contributed by atoms with E-state index in [2.05, 4.69) is 12.2 Å². The highest BCUT2D eigenvalue weighted by Gasteiger charge is 2.42. The van der Waals surface area contributed by atoms with E-state index < -0.39 is 0 Å². The van der Waals surface area contributed by atoms with Crippen molar-refractivity contribution in [2.24, 2.45) is 0 Å². The fourth-order valence-electron chi connectivity index (χ4n) is 3.19. The van der Waals surface area contributed by atoms with E-state index in [0.717, 1.165) is 25.0 Å². The predicted octanol–water partition coefficient (Wildman–Crippen LogP) is 2.21. The molecule has 2 aliphatic rings. The molecule has 1 aromatic carbocycles. The second kappa shape index (κ2) is 5.39. The SMILES string of the molecule is CC1NC(c2ccc(F)cc2)N(CC2(C)CCCO2)C1=O. The zero-order valence-electron chi connectivity index (χ0n) is 12.4. The second-order valence-corrected chi connectivity index (χ2v) is 6.21. The fourth-order valence-corrected chi connectivity index (χ4v) is 3.19. The molecule has 3 unspecified atom stereocenters. The summed E-state index contributed by atoms with van der Waals surface area (Å²) in [4.78, 5) is 14.2. The highest BCUT2D eigenvalue weighted by Crippen LogP contribution is 2.32. The summed E-state index contributed by atoms with van der Waals surface area (Å²) in [6, 6.07) is 6.07. The van der Waals surface area contributed by atoms with Gasteiger partial charge in [0, 0.05) is 6.61 Å². The van der Waals surface area contributed by atoms with Crippen LogP contribution in [0.5, 0.6) is 0 Å². The number of rotatable bonds is 3. The molecular weight excluding hydrogens is 271 g/mol. The summed E-state index contributed by atoms with van der Waals surface area (Å²) in [6.45, 7) is 5.22. The molecule has 4 nitrogen and oxygen atoms in total. The standard InChI is InChI=1S/C16H21FN2O2/c1-11-15(20)19(10-16(2)8-3-9-21-16)14(18-11)12-4-6-13(17)7-5-12/h4-7,11,14,18H,3,8-10H2,1-2H3. The molecule has 0 saturated carbocycles. The lowest BCUT2D eigenvalue weighted by atomic mass is 10.0. The van der Waals surface area contributed by atoms with E-state index in [4.69, 9.17) is 4.74 Å². The van der Waals surface area contributed by atoms with Crippen molar-refractivity contribution < 1.29 is 13.9 Å². The van der Waals surface area contributed by atoms with Gasteiger partial charge in [-0.2, -0.15) is 0 Å². The van der Waals surface area contributed by atoms with Crippen LogP contribution in [0.3, 0.4) is 0 Å².